The first kappa shape index (κ1) is 12.0. The number of rotatable bonds is 6. The molecule has 14 heavy (non-hydrogen) atoms. The van der Waals surface area contributed by atoms with Crippen LogP contribution in [-0.2, 0) is 0 Å². The molecule has 1 fully saturated rings. The van der Waals surface area contributed by atoms with Crippen LogP contribution in [0.4, 0.5) is 0 Å². The van der Waals surface area contributed by atoms with E-state index in [1.807, 2.05) is 0 Å². The Bertz CT molecular complexity index is 126. The third-order valence-electron chi connectivity index (χ3n) is 3.52. The van der Waals surface area contributed by atoms with Crippen LogP contribution in [0.25, 0.3) is 0 Å². The van der Waals surface area contributed by atoms with Gasteiger partial charge in [0.1, 0.15) is 0 Å². The molecule has 0 amide bonds. The molecule has 0 saturated heterocycles. The lowest BCUT2D eigenvalue weighted by Gasteiger charge is -2.23. The number of nitrogens with one attached hydrogen (secondary N) is 1. The van der Waals surface area contributed by atoms with E-state index in [4.69, 9.17) is 5.84 Å². The van der Waals surface area contributed by atoms with Crippen molar-refractivity contribution in [2.24, 2.45) is 11.8 Å². The van der Waals surface area contributed by atoms with Crippen molar-refractivity contribution in [1.82, 2.24) is 5.43 Å². The highest BCUT2D eigenvalue weighted by Crippen LogP contribution is 2.27. The summed E-state index contributed by atoms with van der Waals surface area (Å²) in [4.78, 5) is 0. The standard InChI is InChI=1S/C12H26N2/c1-2-6-12(14-13)10-9-11-7-4-3-5-8-11/h11-12,14H,2-10,13H2,1H3. The molecule has 0 spiro atoms. The third-order valence-corrected chi connectivity index (χ3v) is 3.52. The Morgan fingerprint density at radius 3 is 2.50 bits per heavy atom. The minimum Gasteiger partial charge on any atom is -0.271 e. The summed E-state index contributed by atoms with van der Waals surface area (Å²) in [5.41, 5.74) is 2.94. The van der Waals surface area contributed by atoms with Gasteiger partial charge in [0.05, 0.1) is 0 Å². The highest BCUT2D eigenvalue weighted by molar-refractivity contribution is 4.70. The Morgan fingerprint density at radius 1 is 1.21 bits per heavy atom. The third kappa shape index (κ3) is 4.43. The Balaban J connectivity index is 2.10. The molecule has 0 aromatic rings. The topological polar surface area (TPSA) is 38.0 Å². The predicted molar refractivity (Wildman–Crippen MR) is 61.8 cm³/mol. The van der Waals surface area contributed by atoms with Crippen molar-refractivity contribution in [3.63, 3.8) is 0 Å². The summed E-state index contributed by atoms with van der Waals surface area (Å²) in [6.07, 6.45) is 12.4. The van der Waals surface area contributed by atoms with Crippen molar-refractivity contribution in [1.29, 1.82) is 0 Å². The molecule has 0 heterocycles. The van der Waals surface area contributed by atoms with E-state index in [9.17, 15) is 0 Å². The van der Waals surface area contributed by atoms with Gasteiger partial charge in [-0.1, -0.05) is 45.4 Å². The maximum absolute atomic E-state index is 5.52. The molecule has 1 aliphatic rings. The van der Waals surface area contributed by atoms with Crippen LogP contribution < -0.4 is 11.3 Å². The van der Waals surface area contributed by atoms with Gasteiger partial charge < -0.3 is 0 Å². The fourth-order valence-electron chi connectivity index (χ4n) is 2.57. The SMILES string of the molecule is CCCC(CCC1CCCCC1)NN. The molecular formula is C12H26N2. The van der Waals surface area contributed by atoms with E-state index >= 15 is 0 Å². The van der Waals surface area contributed by atoms with E-state index < -0.39 is 0 Å². The van der Waals surface area contributed by atoms with E-state index in [-0.39, 0.29) is 0 Å². The minimum absolute atomic E-state index is 0.557. The van der Waals surface area contributed by atoms with Crippen LogP contribution in [0, 0.1) is 5.92 Å². The second kappa shape index (κ2) is 7.24. The van der Waals surface area contributed by atoms with Gasteiger partial charge in [-0.2, -0.15) is 0 Å². The van der Waals surface area contributed by atoms with E-state index in [1.165, 1.54) is 57.8 Å². The first-order chi connectivity index (χ1) is 6.86. The molecule has 1 atom stereocenters. The van der Waals surface area contributed by atoms with Gasteiger partial charge in [0.25, 0.3) is 0 Å². The average molecular weight is 198 g/mol. The Morgan fingerprint density at radius 2 is 1.93 bits per heavy atom. The van der Waals surface area contributed by atoms with Gasteiger partial charge in [0.15, 0.2) is 0 Å². The van der Waals surface area contributed by atoms with Crippen molar-refractivity contribution in [2.45, 2.75) is 70.8 Å². The predicted octanol–water partition coefficient (Wildman–Crippen LogP) is 2.98. The summed E-state index contributed by atoms with van der Waals surface area (Å²) in [5.74, 6) is 6.52. The highest BCUT2D eigenvalue weighted by Gasteiger charge is 2.15. The summed E-state index contributed by atoms with van der Waals surface area (Å²) in [6.45, 7) is 2.23. The molecule has 1 aliphatic carbocycles. The molecule has 0 radical (unpaired) electrons. The van der Waals surface area contributed by atoms with Crippen LogP contribution in [0.2, 0.25) is 0 Å². The molecule has 1 rings (SSSR count). The molecule has 0 aliphatic heterocycles. The van der Waals surface area contributed by atoms with Crippen molar-refractivity contribution in [2.75, 3.05) is 0 Å². The fourth-order valence-corrected chi connectivity index (χ4v) is 2.57. The van der Waals surface area contributed by atoms with Gasteiger partial charge >= 0.3 is 0 Å². The Hall–Kier alpha value is -0.0800. The minimum atomic E-state index is 0.557. The summed E-state index contributed by atoms with van der Waals surface area (Å²) in [5, 5.41) is 0. The second-order valence-electron chi connectivity index (χ2n) is 4.73. The van der Waals surface area contributed by atoms with Crippen molar-refractivity contribution >= 4 is 0 Å². The molecule has 84 valence electrons. The zero-order valence-electron chi connectivity index (χ0n) is 9.60. The molecule has 0 aromatic heterocycles. The zero-order chi connectivity index (χ0) is 10.2. The first-order valence-electron chi connectivity index (χ1n) is 6.33. The molecule has 2 nitrogen and oxygen atoms in total. The first-order valence-corrected chi connectivity index (χ1v) is 6.33. The summed E-state index contributed by atoms with van der Waals surface area (Å²) < 4.78 is 0. The lowest BCUT2D eigenvalue weighted by atomic mass is 9.85. The highest BCUT2D eigenvalue weighted by atomic mass is 15.2. The molecule has 1 unspecified atom stereocenters. The summed E-state index contributed by atoms with van der Waals surface area (Å²) >= 11 is 0. The van der Waals surface area contributed by atoms with Crippen molar-refractivity contribution in [3.05, 3.63) is 0 Å². The van der Waals surface area contributed by atoms with Crippen LogP contribution in [0.15, 0.2) is 0 Å². The van der Waals surface area contributed by atoms with Crippen LogP contribution in [-0.4, -0.2) is 6.04 Å². The second-order valence-corrected chi connectivity index (χ2v) is 4.73. The van der Waals surface area contributed by atoms with Gasteiger partial charge in [-0.3, -0.25) is 11.3 Å². The Kier molecular flexibility index (Phi) is 6.20. The zero-order valence-corrected chi connectivity index (χ0v) is 9.60. The maximum atomic E-state index is 5.52. The molecule has 1 saturated carbocycles. The fraction of sp³-hybridized carbons (Fsp3) is 1.00. The van der Waals surface area contributed by atoms with Gasteiger partial charge in [0.2, 0.25) is 0 Å². The van der Waals surface area contributed by atoms with E-state index in [0.717, 1.165) is 5.92 Å². The monoisotopic (exact) mass is 198 g/mol. The van der Waals surface area contributed by atoms with Gasteiger partial charge in [-0.25, -0.2) is 0 Å². The van der Waals surface area contributed by atoms with E-state index in [2.05, 4.69) is 12.3 Å². The van der Waals surface area contributed by atoms with E-state index in [1.54, 1.807) is 0 Å². The smallest absolute Gasteiger partial charge is 0.0210 e. The lowest BCUT2D eigenvalue weighted by molar-refractivity contribution is 0.309. The number of nitrogens with two attached hydrogens (primary N) is 1. The quantitative estimate of drug-likeness (QED) is 0.508. The summed E-state index contributed by atoms with van der Waals surface area (Å²) in [7, 11) is 0. The number of hydrogen-bond acceptors (Lipinski definition) is 2. The average Bonchev–Trinajstić information content (AvgIpc) is 2.25. The Labute approximate surface area is 88.6 Å². The molecule has 3 N–H and O–H groups in total. The van der Waals surface area contributed by atoms with Crippen molar-refractivity contribution in [3.8, 4) is 0 Å². The summed E-state index contributed by atoms with van der Waals surface area (Å²) in [6, 6.07) is 0.557. The van der Waals surface area contributed by atoms with Gasteiger partial charge in [0, 0.05) is 6.04 Å². The largest absolute Gasteiger partial charge is 0.271 e. The molecule has 0 aromatic carbocycles. The lowest BCUT2D eigenvalue weighted by Crippen LogP contribution is -2.35. The van der Waals surface area contributed by atoms with Crippen molar-refractivity contribution < 1.29 is 0 Å². The molecule has 2 heteroatoms. The van der Waals surface area contributed by atoms with Crippen LogP contribution >= 0.6 is 0 Å². The van der Waals surface area contributed by atoms with Gasteiger partial charge in [-0.05, 0) is 25.2 Å². The van der Waals surface area contributed by atoms with Gasteiger partial charge in [-0.15, -0.1) is 0 Å². The maximum Gasteiger partial charge on any atom is 0.0210 e. The van der Waals surface area contributed by atoms with E-state index in [0.29, 0.717) is 6.04 Å². The van der Waals surface area contributed by atoms with Crippen LogP contribution in [0.1, 0.15) is 64.7 Å². The normalized spacial score (nSPS) is 21.0. The van der Waals surface area contributed by atoms with Crippen LogP contribution in [0.3, 0.4) is 0 Å². The molecular weight excluding hydrogens is 172 g/mol. The number of hydrogen-bond donors (Lipinski definition) is 2. The van der Waals surface area contributed by atoms with Crippen LogP contribution in [0.5, 0.6) is 0 Å². The molecule has 0 bridgehead atoms. The number of hydrazine groups is 1.